The minimum Gasteiger partial charge on any atom is -0.459 e. The van der Waals surface area contributed by atoms with Gasteiger partial charge in [0.25, 0.3) is 11.1 Å². The van der Waals surface area contributed by atoms with Crippen molar-refractivity contribution in [2.75, 3.05) is 11.1 Å². The first-order valence-electron chi connectivity index (χ1n) is 8.70. The summed E-state index contributed by atoms with van der Waals surface area (Å²) in [7, 11) is 0. The molecule has 0 saturated carbocycles. The van der Waals surface area contributed by atoms with Crippen molar-refractivity contribution in [1.82, 2.24) is 10.2 Å². The van der Waals surface area contributed by atoms with Gasteiger partial charge in [0.2, 0.25) is 5.91 Å². The van der Waals surface area contributed by atoms with Crippen molar-refractivity contribution in [3.63, 3.8) is 0 Å². The molecule has 2 heterocycles. The fourth-order valence-corrected chi connectivity index (χ4v) is 3.26. The molecule has 1 amide bonds. The molecule has 0 unspecified atom stereocenters. The van der Waals surface area contributed by atoms with Gasteiger partial charge in [0, 0.05) is 5.69 Å². The van der Waals surface area contributed by atoms with Crippen molar-refractivity contribution in [2.24, 2.45) is 0 Å². The number of carbonyl (C=O) groups is 1. The van der Waals surface area contributed by atoms with Crippen molar-refractivity contribution in [2.45, 2.75) is 11.6 Å². The molecule has 28 heavy (non-hydrogen) atoms. The molecular weight excluding hydrogens is 374 g/mol. The predicted octanol–water partition coefficient (Wildman–Crippen LogP) is 4.65. The number of hydrogen-bond donors (Lipinski definition) is 1. The normalized spacial score (nSPS) is 10.7. The highest BCUT2D eigenvalue weighted by molar-refractivity contribution is 7.99. The van der Waals surface area contributed by atoms with E-state index in [9.17, 15) is 4.79 Å². The Morgan fingerprint density at radius 2 is 1.79 bits per heavy atom. The third-order valence-electron chi connectivity index (χ3n) is 3.99. The zero-order valence-electron chi connectivity index (χ0n) is 14.9. The van der Waals surface area contributed by atoms with Crippen LogP contribution in [0.15, 0.2) is 87.1 Å². The Kier molecular flexibility index (Phi) is 5.53. The number of anilines is 1. The van der Waals surface area contributed by atoms with Crippen molar-refractivity contribution in [1.29, 1.82) is 0 Å². The van der Waals surface area contributed by atoms with Gasteiger partial charge in [0.1, 0.15) is 0 Å². The van der Waals surface area contributed by atoms with Crippen LogP contribution in [0.5, 0.6) is 0 Å². The Morgan fingerprint density at radius 1 is 0.964 bits per heavy atom. The zero-order valence-corrected chi connectivity index (χ0v) is 15.7. The number of hydrogen-bond acceptors (Lipinski definition) is 6. The van der Waals surface area contributed by atoms with E-state index in [1.54, 1.807) is 12.1 Å². The van der Waals surface area contributed by atoms with Gasteiger partial charge in [0.15, 0.2) is 5.76 Å². The van der Waals surface area contributed by atoms with Crippen LogP contribution in [0.2, 0.25) is 0 Å². The molecule has 0 aliphatic rings. The monoisotopic (exact) mass is 391 g/mol. The molecule has 140 valence electrons. The summed E-state index contributed by atoms with van der Waals surface area (Å²) in [6.07, 6.45) is 2.29. The summed E-state index contributed by atoms with van der Waals surface area (Å²) in [5, 5.41) is 11.1. The summed E-state index contributed by atoms with van der Waals surface area (Å²) in [4.78, 5) is 12.4. The third kappa shape index (κ3) is 4.50. The second-order valence-electron chi connectivity index (χ2n) is 6.01. The van der Waals surface area contributed by atoms with E-state index in [-0.39, 0.29) is 11.7 Å². The van der Waals surface area contributed by atoms with E-state index in [0.29, 0.717) is 16.9 Å². The van der Waals surface area contributed by atoms with Crippen LogP contribution in [0.25, 0.3) is 11.7 Å². The second-order valence-corrected chi connectivity index (χ2v) is 6.93. The Labute approximate surface area is 166 Å². The van der Waals surface area contributed by atoms with Gasteiger partial charge in [-0.3, -0.25) is 4.79 Å². The number of aromatic nitrogens is 2. The molecule has 0 fully saturated rings. The Balaban J connectivity index is 1.36. The van der Waals surface area contributed by atoms with Crippen LogP contribution in [0.1, 0.15) is 11.1 Å². The number of nitrogens with zero attached hydrogens (tertiary/aromatic N) is 2. The van der Waals surface area contributed by atoms with Crippen LogP contribution in [0.4, 0.5) is 5.69 Å². The van der Waals surface area contributed by atoms with Gasteiger partial charge < -0.3 is 14.2 Å². The molecule has 0 bridgehead atoms. The third-order valence-corrected chi connectivity index (χ3v) is 4.81. The van der Waals surface area contributed by atoms with Crippen LogP contribution in [0, 0.1) is 0 Å². The molecule has 0 atom stereocenters. The van der Waals surface area contributed by atoms with Gasteiger partial charge in [0.05, 0.1) is 12.0 Å². The van der Waals surface area contributed by atoms with E-state index >= 15 is 0 Å². The standard InChI is InChI=1S/C21H17N3O3S/c25-19(14-28-21-24-23-20(27-21)18-11-6-12-26-18)22-17-10-5-4-9-16(17)13-15-7-2-1-3-8-15/h1-12H,13-14H2,(H,22,25). The van der Waals surface area contributed by atoms with Gasteiger partial charge in [-0.25, -0.2) is 0 Å². The lowest BCUT2D eigenvalue weighted by atomic mass is 10.0. The molecule has 0 spiro atoms. The van der Waals surface area contributed by atoms with Gasteiger partial charge in [-0.2, -0.15) is 0 Å². The van der Waals surface area contributed by atoms with Gasteiger partial charge in [-0.1, -0.05) is 60.3 Å². The second kappa shape index (κ2) is 8.58. The molecule has 0 saturated heterocycles. The van der Waals surface area contributed by atoms with Crippen LogP contribution in [-0.2, 0) is 11.2 Å². The Bertz CT molecular complexity index is 1050. The van der Waals surface area contributed by atoms with Crippen LogP contribution in [0.3, 0.4) is 0 Å². The molecule has 6 nitrogen and oxygen atoms in total. The highest BCUT2D eigenvalue weighted by Gasteiger charge is 2.13. The number of rotatable bonds is 7. The molecule has 4 rings (SSSR count). The highest BCUT2D eigenvalue weighted by atomic mass is 32.2. The lowest BCUT2D eigenvalue weighted by molar-refractivity contribution is -0.113. The van der Waals surface area contributed by atoms with E-state index < -0.39 is 0 Å². The minimum atomic E-state index is -0.136. The molecule has 0 radical (unpaired) electrons. The summed E-state index contributed by atoms with van der Waals surface area (Å²) >= 11 is 1.18. The number of thioether (sulfide) groups is 1. The number of benzene rings is 2. The van der Waals surface area contributed by atoms with E-state index in [1.165, 1.54) is 23.6 Å². The first kappa shape index (κ1) is 18.1. The summed E-state index contributed by atoms with van der Waals surface area (Å²) in [5.41, 5.74) is 3.05. The van der Waals surface area contributed by atoms with E-state index in [0.717, 1.165) is 17.7 Å². The van der Waals surface area contributed by atoms with Crippen molar-refractivity contribution in [3.05, 3.63) is 84.1 Å². The minimum absolute atomic E-state index is 0.136. The smallest absolute Gasteiger partial charge is 0.284 e. The molecule has 1 N–H and O–H groups in total. The predicted molar refractivity (Wildman–Crippen MR) is 107 cm³/mol. The maximum atomic E-state index is 12.4. The molecule has 0 aliphatic carbocycles. The molecule has 2 aromatic heterocycles. The van der Waals surface area contributed by atoms with E-state index in [2.05, 4.69) is 27.6 Å². The summed E-state index contributed by atoms with van der Waals surface area (Å²) in [5.74, 6) is 0.822. The largest absolute Gasteiger partial charge is 0.459 e. The van der Waals surface area contributed by atoms with Gasteiger partial charge >= 0.3 is 0 Å². The van der Waals surface area contributed by atoms with E-state index in [4.69, 9.17) is 8.83 Å². The van der Waals surface area contributed by atoms with Crippen molar-refractivity contribution in [3.8, 4) is 11.7 Å². The molecule has 4 aromatic rings. The number of furan rings is 1. The van der Waals surface area contributed by atoms with Crippen LogP contribution in [-0.4, -0.2) is 21.9 Å². The maximum Gasteiger partial charge on any atom is 0.284 e. The summed E-state index contributed by atoms with van der Waals surface area (Å²) < 4.78 is 10.7. The average Bonchev–Trinajstić information content (AvgIpc) is 3.40. The lowest BCUT2D eigenvalue weighted by Gasteiger charge is -2.11. The van der Waals surface area contributed by atoms with Crippen LogP contribution >= 0.6 is 11.8 Å². The first-order chi connectivity index (χ1) is 13.8. The van der Waals surface area contributed by atoms with Crippen molar-refractivity contribution >= 4 is 23.4 Å². The van der Waals surface area contributed by atoms with Crippen molar-refractivity contribution < 1.29 is 13.6 Å². The Morgan fingerprint density at radius 3 is 2.61 bits per heavy atom. The average molecular weight is 391 g/mol. The molecule has 0 aliphatic heterocycles. The number of amides is 1. The van der Waals surface area contributed by atoms with Gasteiger partial charge in [-0.15, -0.1) is 10.2 Å². The summed E-state index contributed by atoms with van der Waals surface area (Å²) in [6.45, 7) is 0. The SMILES string of the molecule is O=C(CSc1nnc(-c2ccco2)o1)Nc1ccccc1Cc1ccccc1. The number of carbonyl (C=O) groups excluding carboxylic acids is 1. The highest BCUT2D eigenvalue weighted by Crippen LogP contribution is 2.24. The van der Waals surface area contributed by atoms with E-state index in [1.807, 2.05) is 42.5 Å². The summed E-state index contributed by atoms with van der Waals surface area (Å²) in [6, 6.07) is 21.4. The molecule has 7 heteroatoms. The first-order valence-corrected chi connectivity index (χ1v) is 9.68. The fourth-order valence-electron chi connectivity index (χ4n) is 2.69. The topological polar surface area (TPSA) is 81.2 Å². The Hall–Kier alpha value is -3.32. The quantitative estimate of drug-likeness (QED) is 0.462. The zero-order chi connectivity index (χ0) is 19.2. The van der Waals surface area contributed by atoms with Gasteiger partial charge in [-0.05, 0) is 35.7 Å². The maximum absolute atomic E-state index is 12.4. The number of para-hydroxylation sites is 1. The molecule has 2 aromatic carbocycles. The number of nitrogens with one attached hydrogen (secondary N) is 1. The lowest BCUT2D eigenvalue weighted by Crippen LogP contribution is -2.15. The molecular formula is C21H17N3O3S. The van der Waals surface area contributed by atoms with Crippen LogP contribution < -0.4 is 5.32 Å². The fraction of sp³-hybridized carbons (Fsp3) is 0.0952.